The fraction of sp³-hybridized carbons (Fsp3) is 0.500. The van der Waals surface area contributed by atoms with Gasteiger partial charge in [0.05, 0.1) is 11.4 Å². The molecule has 1 aromatic rings. The van der Waals surface area contributed by atoms with E-state index in [0.29, 0.717) is 14.6 Å². The van der Waals surface area contributed by atoms with Gasteiger partial charge in [-0.3, -0.25) is 4.72 Å². The maximum Gasteiger partial charge on any atom is 0.233 e. The van der Waals surface area contributed by atoms with Crippen LogP contribution in [0, 0.1) is 5.92 Å². The largest absolute Gasteiger partial charge is 0.316 e. The van der Waals surface area contributed by atoms with Crippen molar-refractivity contribution >= 4 is 63.5 Å². The zero-order chi connectivity index (χ0) is 14.8. The van der Waals surface area contributed by atoms with Crippen LogP contribution in [0.4, 0.5) is 5.69 Å². The Morgan fingerprint density at radius 2 is 1.90 bits per heavy atom. The molecule has 112 valence electrons. The van der Waals surface area contributed by atoms with E-state index in [2.05, 4.69) is 57.8 Å². The molecule has 0 saturated carbocycles. The van der Waals surface area contributed by atoms with Crippen LogP contribution in [0.15, 0.2) is 25.6 Å². The van der Waals surface area contributed by atoms with Crippen LogP contribution < -0.4 is 10.0 Å². The molecule has 2 N–H and O–H groups in total. The Balaban J connectivity index is 2.11. The maximum atomic E-state index is 12.3. The molecular weight excluding hydrogens is 476 g/mol. The van der Waals surface area contributed by atoms with Gasteiger partial charge in [-0.25, -0.2) is 8.42 Å². The van der Waals surface area contributed by atoms with Gasteiger partial charge in [0.15, 0.2) is 0 Å². The summed E-state index contributed by atoms with van der Waals surface area (Å²) in [7, 11) is -3.36. The molecule has 2 rings (SSSR count). The minimum absolute atomic E-state index is 0.148. The van der Waals surface area contributed by atoms with E-state index in [9.17, 15) is 8.42 Å². The smallest absolute Gasteiger partial charge is 0.233 e. The molecule has 1 fully saturated rings. The molecule has 0 amide bonds. The van der Waals surface area contributed by atoms with Crippen LogP contribution in [0.5, 0.6) is 0 Å². The highest BCUT2D eigenvalue weighted by Crippen LogP contribution is 2.35. The van der Waals surface area contributed by atoms with Crippen LogP contribution in [0.2, 0.25) is 0 Å². The van der Waals surface area contributed by atoms with Crippen LogP contribution in [-0.2, 0) is 10.0 Å². The Hall–Kier alpha value is 0.370. The Labute approximate surface area is 144 Å². The van der Waals surface area contributed by atoms with Crippen LogP contribution in [0.25, 0.3) is 0 Å². The average Bonchev–Trinajstić information content (AvgIpc) is 2.34. The Morgan fingerprint density at radius 1 is 1.25 bits per heavy atom. The number of benzene rings is 1. The summed E-state index contributed by atoms with van der Waals surface area (Å²) in [6, 6.07) is 3.62. The molecule has 1 aliphatic heterocycles. The summed E-state index contributed by atoms with van der Waals surface area (Å²) in [5.41, 5.74) is 0.539. The van der Waals surface area contributed by atoms with Gasteiger partial charge < -0.3 is 5.32 Å². The Kier molecular flexibility index (Phi) is 5.93. The summed E-state index contributed by atoms with van der Waals surface area (Å²) >= 11 is 10.1. The molecule has 0 bridgehead atoms. The van der Waals surface area contributed by atoms with E-state index < -0.39 is 10.0 Å². The first kappa shape index (κ1) is 16.7. The summed E-state index contributed by atoms with van der Waals surface area (Å²) in [5.74, 6) is 0.323. The lowest BCUT2D eigenvalue weighted by atomic mass is 10.0. The number of sulfonamides is 1. The normalized spacial score (nSPS) is 19.9. The number of anilines is 1. The standard InChI is InChI=1S/C12H15Br3N2O2S/c13-9-4-10(14)12(11(15)5-9)17-20(18,19)7-8-2-1-3-16-6-8/h4-5,8,16-17H,1-3,6-7H2. The van der Waals surface area contributed by atoms with E-state index in [-0.39, 0.29) is 11.7 Å². The third kappa shape index (κ3) is 4.69. The van der Waals surface area contributed by atoms with Gasteiger partial charge in [0.1, 0.15) is 0 Å². The number of hydrogen-bond donors (Lipinski definition) is 2. The van der Waals surface area contributed by atoms with E-state index in [1.54, 1.807) is 0 Å². The van der Waals surface area contributed by atoms with Crippen molar-refractivity contribution in [2.75, 3.05) is 23.6 Å². The van der Waals surface area contributed by atoms with Crippen molar-refractivity contribution in [1.29, 1.82) is 0 Å². The molecule has 1 aliphatic rings. The molecule has 8 heteroatoms. The highest BCUT2D eigenvalue weighted by Gasteiger charge is 2.22. The molecule has 0 aromatic heterocycles. The van der Waals surface area contributed by atoms with Crippen LogP contribution in [0.3, 0.4) is 0 Å². The van der Waals surface area contributed by atoms with Gasteiger partial charge in [-0.2, -0.15) is 0 Å². The molecule has 4 nitrogen and oxygen atoms in total. The van der Waals surface area contributed by atoms with E-state index in [4.69, 9.17) is 0 Å². The average molecular weight is 491 g/mol. The quantitative estimate of drug-likeness (QED) is 0.676. The minimum Gasteiger partial charge on any atom is -0.316 e. The van der Waals surface area contributed by atoms with Crippen molar-refractivity contribution < 1.29 is 8.42 Å². The number of rotatable bonds is 4. The predicted molar refractivity (Wildman–Crippen MR) is 92.5 cm³/mol. The summed E-state index contributed by atoms with van der Waals surface area (Å²) < 4.78 is 29.5. The highest BCUT2D eigenvalue weighted by atomic mass is 79.9. The third-order valence-corrected chi connectivity index (χ3v) is 6.25. The van der Waals surface area contributed by atoms with E-state index in [0.717, 1.165) is 30.4 Å². The minimum atomic E-state index is -3.36. The van der Waals surface area contributed by atoms with Crippen LogP contribution in [0.1, 0.15) is 12.8 Å². The van der Waals surface area contributed by atoms with Gasteiger partial charge in [0, 0.05) is 13.4 Å². The molecule has 0 spiro atoms. The van der Waals surface area contributed by atoms with Crippen LogP contribution in [-0.4, -0.2) is 27.3 Å². The predicted octanol–water partition coefficient (Wildman–Crippen LogP) is 3.72. The highest BCUT2D eigenvalue weighted by molar-refractivity contribution is 9.11. The second-order valence-corrected chi connectivity index (χ2v) is 9.23. The molecule has 1 unspecified atom stereocenters. The Bertz CT molecular complexity index is 563. The van der Waals surface area contributed by atoms with Gasteiger partial charge in [0.25, 0.3) is 0 Å². The number of hydrogen-bond acceptors (Lipinski definition) is 3. The first-order valence-electron chi connectivity index (χ1n) is 6.23. The topological polar surface area (TPSA) is 58.2 Å². The van der Waals surface area contributed by atoms with E-state index >= 15 is 0 Å². The molecular formula is C12H15Br3N2O2S. The van der Waals surface area contributed by atoms with Gasteiger partial charge in [-0.15, -0.1) is 0 Å². The number of halogens is 3. The maximum absolute atomic E-state index is 12.3. The second kappa shape index (κ2) is 7.09. The SMILES string of the molecule is O=S(=O)(CC1CCCNC1)Nc1c(Br)cc(Br)cc1Br. The summed E-state index contributed by atoms with van der Waals surface area (Å²) in [6.07, 6.45) is 1.99. The fourth-order valence-corrected chi connectivity index (χ4v) is 6.45. The number of nitrogens with one attached hydrogen (secondary N) is 2. The molecule has 20 heavy (non-hydrogen) atoms. The third-order valence-electron chi connectivity index (χ3n) is 3.12. The van der Waals surface area contributed by atoms with Crippen molar-refractivity contribution in [2.45, 2.75) is 12.8 Å². The van der Waals surface area contributed by atoms with Crippen molar-refractivity contribution in [3.63, 3.8) is 0 Å². The molecule has 1 aromatic carbocycles. The lowest BCUT2D eigenvalue weighted by Gasteiger charge is -2.23. The van der Waals surface area contributed by atoms with Gasteiger partial charge in [-0.05, 0) is 75.8 Å². The molecule has 1 atom stereocenters. The summed E-state index contributed by atoms with van der Waals surface area (Å²) in [6.45, 7) is 1.75. The van der Waals surface area contributed by atoms with Gasteiger partial charge in [0.2, 0.25) is 10.0 Å². The monoisotopic (exact) mass is 488 g/mol. The fourth-order valence-electron chi connectivity index (χ4n) is 2.21. The van der Waals surface area contributed by atoms with Gasteiger partial charge in [-0.1, -0.05) is 15.9 Å². The van der Waals surface area contributed by atoms with Crippen LogP contribution >= 0.6 is 47.8 Å². The zero-order valence-electron chi connectivity index (χ0n) is 10.6. The van der Waals surface area contributed by atoms with Gasteiger partial charge >= 0.3 is 0 Å². The summed E-state index contributed by atoms with van der Waals surface area (Å²) in [4.78, 5) is 0. The first-order chi connectivity index (χ1) is 9.37. The molecule has 1 saturated heterocycles. The van der Waals surface area contributed by atoms with Crippen molar-refractivity contribution in [3.8, 4) is 0 Å². The van der Waals surface area contributed by atoms with E-state index in [1.807, 2.05) is 12.1 Å². The molecule has 0 radical (unpaired) electrons. The second-order valence-electron chi connectivity index (χ2n) is 4.84. The van der Waals surface area contributed by atoms with Crippen molar-refractivity contribution in [3.05, 3.63) is 25.6 Å². The molecule has 1 heterocycles. The molecule has 0 aliphatic carbocycles. The van der Waals surface area contributed by atoms with E-state index in [1.165, 1.54) is 0 Å². The van der Waals surface area contributed by atoms with Crippen molar-refractivity contribution in [1.82, 2.24) is 5.32 Å². The zero-order valence-corrected chi connectivity index (χ0v) is 16.2. The lowest BCUT2D eigenvalue weighted by molar-refractivity contribution is 0.404. The first-order valence-corrected chi connectivity index (χ1v) is 10.3. The lowest BCUT2D eigenvalue weighted by Crippen LogP contribution is -2.35. The number of piperidine rings is 1. The Morgan fingerprint density at radius 3 is 2.45 bits per heavy atom. The van der Waals surface area contributed by atoms with Crippen molar-refractivity contribution in [2.24, 2.45) is 5.92 Å². The summed E-state index contributed by atoms with van der Waals surface area (Å²) in [5, 5.41) is 3.23.